The molecule has 2 aromatic rings. The molecule has 21 heavy (non-hydrogen) atoms. The molecule has 1 aromatic carbocycles. The number of aromatic nitrogens is 1. The number of ether oxygens (including phenoxy) is 1. The van der Waals surface area contributed by atoms with Gasteiger partial charge in [-0.15, -0.1) is 0 Å². The Morgan fingerprint density at radius 1 is 1.38 bits per heavy atom. The third-order valence-corrected chi connectivity index (χ3v) is 3.19. The highest BCUT2D eigenvalue weighted by Gasteiger charge is 2.11. The zero-order chi connectivity index (χ0) is 15.4. The van der Waals surface area contributed by atoms with Crippen molar-refractivity contribution in [3.8, 4) is 11.5 Å². The summed E-state index contributed by atoms with van der Waals surface area (Å²) >= 11 is 0. The first-order valence-corrected chi connectivity index (χ1v) is 6.65. The van der Waals surface area contributed by atoms with Gasteiger partial charge in [0.15, 0.2) is 0 Å². The SMILES string of the molecule is CCC(N)c1ccc(Oc2cc([N+](=O)[O-])ccc2C)cn1. The number of pyridine rings is 1. The second kappa shape index (κ2) is 6.32. The molecule has 2 rings (SSSR count). The van der Waals surface area contributed by atoms with E-state index in [1.54, 1.807) is 24.4 Å². The second-order valence-corrected chi connectivity index (χ2v) is 4.74. The topological polar surface area (TPSA) is 91.3 Å². The number of aryl methyl sites for hydroxylation is 1. The summed E-state index contributed by atoms with van der Waals surface area (Å²) in [4.78, 5) is 14.6. The van der Waals surface area contributed by atoms with Crippen LogP contribution in [0.15, 0.2) is 36.5 Å². The highest BCUT2D eigenvalue weighted by Crippen LogP contribution is 2.28. The quantitative estimate of drug-likeness (QED) is 0.671. The van der Waals surface area contributed by atoms with Crippen LogP contribution in [0.5, 0.6) is 11.5 Å². The number of nitrogens with zero attached hydrogens (tertiary/aromatic N) is 2. The standard InChI is InChI=1S/C15H17N3O3/c1-3-13(16)14-7-6-12(9-17-14)21-15-8-11(18(19)20)5-4-10(15)2/h4-9,13H,3,16H2,1-2H3. The molecule has 1 atom stereocenters. The van der Waals surface area contributed by atoms with Crippen LogP contribution in [0.4, 0.5) is 5.69 Å². The van der Waals surface area contributed by atoms with Crippen LogP contribution in [0.25, 0.3) is 0 Å². The van der Waals surface area contributed by atoms with Gasteiger partial charge in [-0.05, 0) is 37.1 Å². The number of nitrogens with two attached hydrogens (primary N) is 1. The third kappa shape index (κ3) is 3.55. The minimum atomic E-state index is -0.450. The number of benzene rings is 1. The molecule has 6 nitrogen and oxygen atoms in total. The Hall–Kier alpha value is -2.47. The predicted molar refractivity (Wildman–Crippen MR) is 79.4 cm³/mol. The van der Waals surface area contributed by atoms with E-state index in [0.29, 0.717) is 11.5 Å². The van der Waals surface area contributed by atoms with Gasteiger partial charge in [-0.25, -0.2) is 0 Å². The fraction of sp³-hybridized carbons (Fsp3) is 0.267. The number of rotatable bonds is 5. The van der Waals surface area contributed by atoms with Gasteiger partial charge < -0.3 is 10.5 Å². The first-order valence-electron chi connectivity index (χ1n) is 6.65. The van der Waals surface area contributed by atoms with Crippen molar-refractivity contribution in [2.75, 3.05) is 0 Å². The van der Waals surface area contributed by atoms with E-state index < -0.39 is 4.92 Å². The number of hydrogen-bond acceptors (Lipinski definition) is 5. The fourth-order valence-corrected chi connectivity index (χ4v) is 1.82. The lowest BCUT2D eigenvalue weighted by Gasteiger charge is -2.11. The lowest BCUT2D eigenvalue weighted by molar-refractivity contribution is -0.384. The molecule has 0 aliphatic rings. The summed E-state index contributed by atoms with van der Waals surface area (Å²) in [6.07, 6.45) is 2.38. The van der Waals surface area contributed by atoms with Crippen LogP contribution in [0.2, 0.25) is 0 Å². The second-order valence-electron chi connectivity index (χ2n) is 4.74. The highest BCUT2D eigenvalue weighted by atomic mass is 16.6. The van der Waals surface area contributed by atoms with Gasteiger partial charge in [0.1, 0.15) is 11.5 Å². The summed E-state index contributed by atoms with van der Waals surface area (Å²) in [5.41, 5.74) is 7.50. The summed E-state index contributed by atoms with van der Waals surface area (Å²) in [7, 11) is 0. The largest absolute Gasteiger partial charge is 0.455 e. The van der Waals surface area contributed by atoms with Crippen LogP contribution < -0.4 is 10.5 Å². The number of non-ortho nitro benzene ring substituents is 1. The summed E-state index contributed by atoms with van der Waals surface area (Å²) in [6.45, 7) is 3.82. The Morgan fingerprint density at radius 3 is 2.71 bits per heavy atom. The smallest absolute Gasteiger partial charge is 0.273 e. The molecule has 0 spiro atoms. The molecule has 1 unspecified atom stereocenters. The van der Waals surface area contributed by atoms with E-state index in [1.165, 1.54) is 12.1 Å². The minimum absolute atomic E-state index is 0.00631. The van der Waals surface area contributed by atoms with Crippen LogP contribution in [0.1, 0.15) is 30.6 Å². The van der Waals surface area contributed by atoms with Gasteiger partial charge in [0, 0.05) is 12.1 Å². The zero-order valence-electron chi connectivity index (χ0n) is 11.9. The molecule has 0 saturated heterocycles. The molecule has 0 aliphatic carbocycles. The monoisotopic (exact) mass is 287 g/mol. The molecule has 0 amide bonds. The van der Waals surface area contributed by atoms with Gasteiger partial charge >= 0.3 is 0 Å². The maximum absolute atomic E-state index is 10.8. The molecule has 0 fully saturated rings. The summed E-state index contributed by atoms with van der Waals surface area (Å²) < 4.78 is 5.66. The summed E-state index contributed by atoms with van der Waals surface area (Å²) in [5, 5.41) is 10.8. The lowest BCUT2D eigenvalue weighted by atomic mass is 10.1. The average Bonchev–Trinajstić information content (AvgIpc) is 2.49. The summed E-state index contributed by atoms with van der Waals surface area (Å²) in [6, 6.07) is 7.97. The van der Waals surface area contributed by atoms with E-state index in [-0.39, 0.29) is 11.7 Å². The van der Waals surface area contributed by atoms with E-state index in [0.717, 1.165) is 17.7 Å². The van der Waals surface area contributed by atoms with Crippen molar-refractivity contribution < 1.29 is 9.66 Å². The highest BCUT2D eigenvalue weighted by molar-refractivity contribution is 5.45. The van der Waals surface area contributed by atoms with Gasteiger partial charge in [-0.1, -0.05) is 6.92 Å². The molecule has 0 bridgehead atoms. The number of nitro groups is 1. The lowest BCUT2D eigenvalue weighted by Crippen LogP contribution is -2.10. The van der Waals surface area contributed by atoms with Crippen LogP contribution in [0, 0.1) is 17.0 Å². The zero-order valence-corrected chi connectivity index (χ0v) is 11.9. The molecule has 0 radical (unpaired) electrons. The first-order chi connectivity index (χ1) is 10.0. The predicted octanol–water partition coefficient (Wildman–Crippen LogP) is 3.50. The fourth-order valence-electron chi connectivity index (χ4n) is 1.82. The van der Waals surface area contributed by atoms with Crippen molar-refractivity contribution in [1.82, 2.24) is 4.98 Å². The molecule has 110 valence electrons. The van der Waals surface area contributed by atoms with E-state index in [1.807, 2.05) is 13.8 Å². The Kier molecular flexibility index (Phi) is 4.49. The minimum Gasteiger partial charge on any atom is -0.455 e. The van der Waals surface area contributed by atoms with E-state index >= 15 is 0 Å². The third-order valence-electron chi connectivity index (χ3n) is 3.19. The molecular weight excluding hydrogens is 270 g/mol. The number of nitro benzene ring substituents is 1. The van der Waals surface area contributed by atoms with Crippen LogP contribution in [0.3, 0.4) is 0 Å². The van der Waals surface area contributed by atoms with Crippen molar-refractivity contribution >= 4 is 5.69 Å². The van der Waals surface area contributed by atoms with E-state index in [4.69, 9.17) is 10.5 Å². The Balaban J connectivity index is 2.22. The van der Waals surface area contributed by atoms with Crippen molar-refractivity contribution in [3.63, 3.8) is 0 Å². The van der Waals surface area contributed by atoms with E-state index in [2.05, 4.69) is 4.98 Å². The van der Waals surface area contributed by atoms with Gasteiger partial charge in [-0.3, -0.25) is 15.1 Å². The first kappa shape index (κ1) is 14.9. The van der Waals surface area contributed by atoms with Gasteiger partial charge in [0.05, 0.1) is 22.9 Å². The Morgan fingerprint density at radius 2 is 2.14 bits per heavy atom. The molecule has 6 heteroatoms. The molecule has 2 N–H and O–H groups in total. The van der Waals surface area contributed by atoms with Crippen molar-refractivity contribution in [2.45, 2.75) is 26.3 Å². The van der Waals surface area contributed by atoms with Crippen molar-refractivity contribution in [2.24, 2.45) is 5.73 Å². The summed E-state index contributed by atoms with van der Waals surface area (Å²) in [5.74, 6) is 0.962. The van der Waals surface area contributed by atoms with Crippen LogP contribution in [-0.4, -0.2) is 9.91 Å². The number of hydrogen-bond donors (Lipinski definition) is 1. The Bertz CT molecular complexity index is 641. The van der Waals surface area contributed by atoms with Crippen LogP contribution in [-0.2, 0) is 0 Å². The van der Waals surface area contributed by atoms with Gasteiger partial charge in [0.2, 0.25) is 0 Å². The normalized spacial score (nSPS) is 12.0. The van der Waals surface area contributed by atoms with E-state index in [9.17, 15) is 10.1 Å². The molecule has 1 heterocycles. The molecule has 0 saturated carbocycles. The van der Waals surface area contributed by atoms with Gasteiger partial charge in [0.25, 0.3) is 5.69 Å². The van der Waals surface area contributed by atoms with Crippen LogP contribution >= 0.6 is 0 Å². The van der Waals surface area contributed by atoms with Crippen molar-refractivity contribution in [1.29, 1.82) is 0 Å². The molecule has 1 aromatic heterocycles. The molecular formula is C15H17N3O3. The Labute approximate surface area is 122 Å². The maximum Gasteiger partial charge on any atom is 0.273 e. The van der Waals surface area contributed by atoms with Crippen molar-refractivity contribution in [3.05, 3.63) is 57.9 Å². The maximum atomic E-state index is 10.8. The average molecular weight is 287 g/mol. The van der Waals surface area contributed by atoms with Gasteiger partial charge in [-0.2, -0.15) is 0 Å². The molecule has 0 aliphatic heterocycles.